The minimum absolute atomic E-state index is 0.132. The van der Waals surface area contributed by atoms with Crippen molar-refractivity contribution in [2.45, 2.75) is 0 Å². The van der Waals surface area contributed by atoms with Crippen LogP contribution < -0.4 is 5.32 Å². The van der Waals surface area contributed by atoms with Gasteiger partial charge in [0, 0.05) is 18.1 Å². The number of rotatable bonds is 6. The maximum absolute atomic E-state index is 12.9. The third-order valence-electron chi connectivity index (χ3n) is 2.35. The van der Waals surface area contributed by atoms with Crippen molar-refractivity contribution in [1.29, 1.82) is 0 Å². The first kappa shape index (κ1) is 16.4. The van der Waals surface area contributed by atoms with E-state index in [-0.39, 0.29) is 13.2 Å². The molecule has 20 heavy (non-hydrogen) atoms. The average Bonchev–Trinajstić information content (AvgIpc) is 2.37. The molecule has 1 aromatic carbocycles. The van der Waals surface area contributed by atoms with Crippen LogP contribution in [-0.2, 0) is 9.53 Å². The summed E-state index contributed by atoms with van der Waals surface area (Å²) in [6.45, 7) is -0.104. The fraction of sp³-hybridized carbons (Fsp3) is 0.333. The van der Waals surface area contributed by atoms with E-state index in [4.69, 9.17) is 9.84 Å². The van der Waals surface area contributed by atoms with Gasteiger partial charge in [-0.3, -0.25) is 4.79 Å². The summed E-state index contributed by atoms with van der Waals surface area (Å²) in [7, 11) is 1.45. The molecule has 0 saturated carbocycles. The molecule has 6 nitrogen and oxygen atoms in total. The minimum atomic E-state index is -1.13. The Bertz CT molecular complexity index is 498. The summed E-state index contributed by atoms with van der Waals surface area (Å²) >= 11 is 3.11. The normalized spacial score (nSPS) is 10.2. The van der Waals surface area contributed by atoms with Gasteiger partial charge in [-0.25, -0.2) is 9.18 Å². The summed E-state index contributed by atoms with van der Waals surface area (Å²) in [6, 6.07) is 3.17. The number of halogens is 2. The number of benzene rings is 1. The van der Waals surface area contributed by atoms with E-state index in [1.807, 2.05) is 0 Å². The Kier molecular flexibility index (Phi) is 6.40. The molecule has 1 rings (SSSR count). The number of ether oxygens (including phenoxy) is 1. The molecule has 1 aromatic rings. The number of hydrogen-bond acceptors (Lipinski definition) is 3. The van der Waals surface area contributed by atoms with Crippen molar-refractivity contribution >= 4 is 33.6 Å². The van der Waals surface area contributed by atoms with Crippen molar-refractivity contribution in [3.05, 3.63) is 28.5 Å². The zero-order valence-electron chi connectivity index (χ0n) is 10.7. The van der Waals surface area contributed by atoms with Gasteiger partial charge < -0.3 is 20.1 Å². The average molecular weight is 349 g/mol. The summed E-state index contributed by atoms with van der Waals surface area (Å²) < 4.78 is 18.1. The van der Waals surface area contributed by atoms with Gasteiger partial charge in [-0.05, 0) is 34.1 Å². The highest BCUT2D eigenvalue weighted by Gasteiger charge is 2.17. The molecule has 0 atom stereocenters. The number of nitrogens with zero attached hydrogens (tertiary/aromatic N) is 1. The highest BCUT2D eigenvalue weighted by Crippen LogP contribution is 2.23. The van der Waals surface area contributed by atoms with Crippen molar-refractivity contribution in [2.24, 2.45) is 0 Å². The Morgan fingerprint density at radius 2 is 2.20 bits per heavy atom. The summed E-state index contributed by atoms with van der Waals surface area (Å²) in [5, 5.41) is 11.3. The van der Waals surface area contributed by atoms with Crippen molar-refractivity contribution in [1.82, 2.24) is 4.90 Å². The molecule has 0 aliphatic rings. The van der Waals surface area contributed by atoms with Crippen molar-refractivity contribution in [2.75, 3.05) is 32.1 Å². The summed E-state index contributed by atoms with van der Waals surface area (Å²) in [5.74, 6) is -1.58. The number of nitrogens with one attached hydrogen (secondary N) is 1. The highest BCUT2D eigenvalue weighted by molar-refractivity contribution is 9.10. The van der Waals surface area contributed by atoms with Crippen LogP contribution in [0.1, 0.15) is 0 Å². The number of carbonyl (C=O) groups is 2. The molecule has 0 aromatic heterocycles. The number of carbonyl (C=O) groups excluding carboxylic acids is 1. The van der Waals surface area contributed by atoms with Crippen LogP contribution in [0.4, 0.5) is 14.9 Å². The van der Waals surface area contributed by atoms with E-state index in [0.29, 0.717) is 10.2 Å². The lowest BCUT2D eigenvalue weighted by Gasteiger charge is -2.21. The smallest absolute Gasteiger partial charge is 0.323 e. The van der Waals surface area contributed by atoms with E-state index in [2.05, 4.69) is 21.2 Å². The van der Waals surface area contributed by atoms with Crippen LogP contribution in [0.2, 0.25) is 0 Å². The van der Waals surface area contributed by atoms with Gasteiger partial charge in [-0.2, -0.15) is 0 Å². The van der Waals surface area contributed by atoms with Crippen LogP contribution in [0.25, 0.3) is 0 Å². The molecule has 0 fully saturated rings. The van der Waals surface area contributed by atoms with E-state index >= 15 is 0 Å². The van der Waals surface area contributed by atoms with Gasteiger partial charge in [0.1, 0.15) is 12.4 Å². The lowest BCUT2D eigenvalue weighted by atomic mass is 10.3. The minimum Gasteiger partial charge on any atom is -0.480 e. The van der Waals surface area contributed by atoms with Crippen molar-refractivity contribution < 1.29 is 23.8 Å². The largest absolute Gasteiger partial charge is 0.480 e. The van der Waals surface area contributed by atoms with E-state index in [0.717, 1.165) is 4.90 Å². The monoisotopic (exact) mass is 348 g/mol. The van der Waals surface area contributed by atoms with Crippen LogP contribution in [0.3, 0.4) is 0 Å². The second-order valence-electron chi connectivity index (χ2n) is 3.86. The van der Waals surface area contributed by atoms with E-state index in [9.17, 15) is 14.0 Å². The molecule has 2 N–H and O–H groups in total. The molecule has 0 radical (unpaired) electrons. The number of methoxy groups -OCH3 is 1. The molecule has 0 heterocycles. The van der Waals surface area contributed by atoms with Crippen LogP contribution in [0.15, 0.2) is 22.7 Å². The van der Waals surface area contributed by atoms with Gasteiger partial charge in [0.25, 0.3) is 0 Å². The Morgan fingerprint density at radius 3 is 2.75 bits per heavy atom. The van der Waals surface area contributed by atoms with Crippen LogP contribution in [0, 0.1) is 5.82 Å². The zero-order chi connectivity index (χ0) is 15.1. The van der Waals surface area contributed by atoms with Gasteiger partial charge in [0.05, 0.1) is 12.3 Å². The molecule has 0 spiro atoms. The third-order valence-corrected chi connectivity index (χ3v) is 3.01. The zero-order valence-corrected chi connectivity index (χ0v) is 12.3. The first-order chi connectivity index (χ1) is 9.43. The lowest BCUT2D eigenvalue weighted by Crippen LogP contribution is -2.40. The molecule has 0 bridgehead atoms. The topological polar surface area (TPSA) is 78.9 Å². The number of carboxylic acid groups (broad SMARTS) is 1. The van der Waals surface area contributed by atoms with E-state index < -0.39 is 24.4 Å². The number of carboxylic acids is 1. The molecule has 8 heteroatoms. The first-order valence-corrected chi connectivity index (χ1v) is 6.45. The molecule has 0 aliphatic heterocycles. The van der Waals surface area contributed by atoms with Crippen LogP contribution in [0.5, 0.6) is 0 Å². The fourth-order valence-electron chi connectivity index (χ4n) is 1.40. The summed E-state index contributed by atoms with van der Waals surface area (Å²) in [4.78, 5) is 23.8. The predicted molar refractivity (Wildman–Crippen MR) is 74.2 cm³/mol. The molecule has 0 aliphatic carbocycles. The Balaban J connectivity index is 2.76. The Morgan fingerprint density at radius 1 is 1.50 bits per heavy atom. The maximum atomic E-state index is 12.9. The van der Waals surface area contributed by atoms with Crippen LogP contribution in [-0.4, -0.2) is 48.8 Å². The summed E-state index contributed by atoms with van der Waals surface area (Å²) in [5.41, 5.74) is 0.351. The van der Waals surface area contributed by atoms with Crippen molar-refractivity contribution in [3.8, 4) is 0 Å². The van der Waals surface area contributed by atoms with Gasteiger partial charge in [0.2, 0.25) is 0 Å². The number of hydrogen-bond donors (Lipinski definition) is 2. The first-order valence-electron chi connectivity index (χ1n) is 5.65. The molecular formula is C12H14BrFN2O4. The van der Waals surface area contributed by atoms with Gasteiger partial charge in [0.15, 0.2) is 0 Å². The van der Waals surface area contributed by atoms with Crippen LogP contribution >= 0.6 is 15.9 Å². The molecule has 110 valence electrons. The molecule has 0 saturated heterocycles. The van der Waals surface area contributed by atoms with Gasteiger partial charge >= 0.3 is 12.0 Å². The fourth-order valence-corrected chi connectivity index (χ4v) is 1.85. The summed E-state index contributed by atoms with van der Waals surface area (Å²) in [6.07, 6.45) is 0. The predicted octanol–water partition coefficient (Wildman–Crippen LogP) is 2.15. The standard InChI is InChI=1S/C12H14BrFN2O4/c1-20-5-4-16(7-11(17)18)12(19)15-10-3-2-8(14)6-9(10)13/h2-3,6H,4-5,7H2,1H3,(H,15,19)(H,17,18). The maximum Gasteiger partial charge on any atom is 0.323 e. The van der Waals surface area contributed by atoms with E-state index in [1.54, 1.807) is 0 Å². The molecule has 2 amide bonds. The van der Waals surface area contributed by atoms with Gasteiger partial charge in [-0.15, -0.1) is 0 Å². The SMILES string of the molecule is COCCN(CC(=O)O)C(=O)Nc1ccc(F)cc1Br. The number of anilines is 1. The second-order valence-corrected chi connectivity index (χ2v) is 4.72. The van der Waals surface area contributed by atoms with E-state index in [1.165, 1.54) is 25.3 Å². The quantitative estimate of drug-likeness (QED) is 0.825. The molecular weight excluding hydrogens is 335 g/mol. The third kappa shape index (κ3) is 5.14. The number of urea groups is 1. The Labute approximate surface area is 123 Å². The second kappa shape index (κ2) is 7.81. The van der Waals surface area contributed by atoms with Crippen molar-refractivity contribution in [3.63, 3.8) is 0 Å². The number of amides is 2. The Hall–Kier alpha value is -1.67. The number of aliphatic carboxylic acids is 1. The van der Waals surface area contributed by atoms with Gasteiger partial charge in [-0.1, -0.05) is 0 Å². The molecule has 0 unspecified atom stereocenters. The highest BCUT2D eigenvalue weighted by atomic mass is 79.9. The lowest BCUT2D eigenvalue weighted by molar-refractivity contribution is -0.137.